The van der Waals surface area contributed by atoms with Crippen LogP contribution in [0.15, 0.2) is 24.3 Å². The quantitative estimate of drug-likeness (QED) is 0.792. The Labute approximate surface area is 154 Å². The summed E-state index contributed by atoms with van der Waals surface area (Å²) in [6.45, 7) is 9.23. The molecule has 0 saturated carbocycles. The average Bonchev–Trinajstić information content (AvgIpc) is 2.58. The van der Waals surface area contributed by atoms with E-state index in [1.54, 1.807) is 6.92 Å². The Bertz CT molecular complexity index is 837. The second-order valence-corrected chi connectivity index (χ2v) is 7.54. The Morgan fingerprint density at radius 1 is 1.15 bits per heavy atom. The lowest BCUT2D eigenvalue weighted by Crippen LogP contribution is -2.44. The van der Waals surface area contributed by atoms with Crippen LogP contribution in [0.1, 0.15) is 41.9 Å². The summed E-state index contributed by atoms with van der Waals surface area (Å²) >= 11 is 0. The molecule has 5 nitrogen and oxygen atoms in total. The molecule has 1 aromatic heterocycles. The Morgan fingerprint density at radius 3 is 2.50 bits per heavy atom. The van der Waals surface area contributed by atoms with Crippen molar-refractivity contribution in [3.63, 3.8) is 0 Å². The monoisotopic (exact) mass is 354 g/mol. The second kappa shape index (κ2) is 7.44. The molecule has 2 atom stereocenters. The van der Waals surface area contributed by atoms with Crippen LogP contribution in [-0.4, -0.2) is 41.5 Å². The highest BCUT2D eigenvalue weighted by atomic mass is 16.5. The average molecular weight is 354 g/mol. The molecule has 1 saturated heterocycles. The SMILES string of the molecule is Cc1nc2ccccc2c(C)c1C(=O)OCC(=O)N1C[C@H](C)C[C@@H](C)C1. The third-order valence-electron chi connectivity index (χ3n) is 5.09. The number of likely N-dealkylation sites (tertiary alicyclic amines) is 1. The molecule has 26 heavy (non-hydrogen) atoms. The van der Waals surface area contributed by atoms with Crippen LogP contribution in [0, 0.1) is 25.7 Å². The van der Waals surface area contributed by atoms with E-state index in [4.69, 9.17) is 4.74 Å². The van der Waals surface area contributed by atoms with Crippen molar-refractivity contribution in [2.24, 2.45) is 11.8 Å². The minimum Gasteiger partial charge on any atom is -0.452 e. The van der Waals surface area contributed by atoms with Crippen molar-refractivity contribution in [1.29, 1.82) is 0 Å². The van der Waals surface area contributed by atoms with Gasteiger partial charge in [-0.2, -0.15) is 0 Å². The van der Waals surface area contributed by atoms with E-state index >= 15 is 0 Å². The molecule has 1 aromatic carbocycles. The minimum absolute atomic E-state index is 0.124. The number of esters is 1. The number of piperidine rings is 1. The molecule has 0 N–H and O–H groups in total. The second-order valence-electron chi connectivity index (χ2n) is 7.54. The first-order valence-corrected chi connectivity index (χ1v) is 9.17. The number of pyridine rings is 1. The Kier molecular flexibility index (Phi) is 5.25. The van der Waals surface area contributed by atoms with Gasteiger partial charge in [0.1, 0.15) is 0 Å². The van der Waals surface area contributed by atoms with Gasteiger partial charge in [0.05, 0.1) is 16.8 Å². The van der Waals surface area contributed by atoms with E-state index in [1.807, 2.05) is 36.1 Å². The zero-order valence-corrected chi connectivity index (χ0v) is 15.9. The highest BCUT2D eigenvalue weighted by molar-refractivity contribution is 5.99. The van der Waals surface area contributed by atoms with Crippen LogP contribution in [0.2, 0.25) is 0 Å². The van der Waals surface area contributed by atoms with Crippen LogP contribution < -0.4 is 0 Å². The summed E-state index contributed by atoms with van der Waals surface area (Å²) < 4.78 is 5.35. The Morgan fingerprint density at radius 2 is 1.81 bits per heavy atom. The van der Waals surface area contributed by atoms with Crippen molar-refractivity contribution in [1.82, 2.24) is 9.88 Å². The van der Waals surface area contributed by atoms with Gasteiger partial charge in [0.25, 0.3) is 5.91 Å². The van der Waals surface area contributed by atoms with Gasteiger partial charge in [-0.3, -0.25) is 9.78 Å². The largest absolute Gasteiger partial charge is 0.452 e. The number of hydrogen-bond donors (Lipinski definition) is 0. The van der Waals surface area contributed by atoms with Crippen molar-refractivity contribution in [2.45, 2.75) is 34.1 Å². The van der Waals surface area contributed by atoms with Gasteiger partial charge in [0, 0.05) is 18.5 Å². The molecule has 138 valence electrons. The van der Waals surface area contributed by atoms with Crippen LogP contribution >= 0.6 is 0 Å². The topological polar surface area (TPSA) is 59.5 Å². The number of carbonyl (C=O) groups is 2. The summed E-state index contributed by atoms with van der Waals surface area (Å²) in [5, 5.41) is 0.926. The highest BCUT2D eigenvalue weighted by Crippen LogP contribution is 2.24. The third-order valence-corrected chi connectivity index (χ3v) is 5.09. The zero-order valence-electron chi connectivity index (χ0n) is 15.9. The standard InChI is InChI=1S/C21H26N2O3/c1-13-9-14(2)11-23(10-13)19(24)12-26-21(25)20-15(3)17-7-5-6-8-18(17)22-16(20)4/h5-8,13-14H,9-12H2,1-4H3/t13-,14-/m1/s1. The Hall–Kier alpha value is -2.43. The van der Waals surface area contributed by atoms with E-state index < -0.39 is 5.97 Å². The molecule has 1 aliphatic rings. The number of rotatable bonds is 3. The van der Waals surface area contributed by atoms with Crippen LogP contribution in [0.3, 0.4) is 0 Å². The van der Waals surface area contributed by atoms with Crippen molar-refractivity contribution < 1.29 is 14.3 Å². The predicted molar refractivity (Wildman–Crippen MR) is 101 cm³/mol. The van der Waals surface area contributed by atoms with Crippen LogP contribution in [-0.2, 0) is 9.53 Å². The first kappa shape index (κ1) is 18.4. The van der Waals surface area contributed by atoms with Crippen LogP contribution in [0.5, 0.6) is 0 Å². The molecule has 1 fully saturated rings. The lowest BCUT2D eigenvalue weighted by molar-refractivity contribution is -0.137. The number of carbonyl (C=O) groups excluding carboxylic acids is 2. The summed E-state index contributed by atoms with van der Waals surface area (Å²) in [6.07, 6.45) is 1.13. The molecule has 0 bridgehead atoms. The van der Waals surface area contributed by atoms with Crippen molar-refractivity contribution in [2.75, 3.05) is 19.7 Å². The van der Waals surface area contributed by atoms with Gasteiger partial charge >= 0.3 is 5.97 Å². The van der Waals surface area contributed by atoms with Crippen molar-refractivity contribution in [3.05, 3.63) is 41.1 Å². The first-order chi connectivity index (χ1) is 12.4. The molecule has 0 radical (unpaired) electrons. The molecule has 0 aliphatic carbocycles. The van der Waals surface area contributed by atoms with Crippen molar-refractivity contribution in [3.8, 4) is 0 Å². The predicted octanol–water partition coefficient (Wildman–Crippen LogP) is 3.51. The molecule has 0 unspecified atom stereocenters. The number of hydrogen-bond acceptors (Lipinski definition) is 4. The zero-order chi connectivity index (χ0) is 18.8. The fraction of sp³-hybridized carbons (Fsp3) is 0.476. The maximum atomic E-state index is 12.6. The van der Waals surface area contributed by atoms with E-state index in [9.17, 15) is 9.59 Å². The molecule has 1 aliphatic heterocycles. The van der Waals surface area contributed by atoms with Gasteiger partial charge in [-0.05, 0) is 43.7 Å². The fourth-order valence-electron chi connectivity index (χ4n) is 3.99. The molecule has 3 rings (SSSR count). The molecule has 0 spiro atoms. The van der Waals surface area contributed by atoms with E-state index in [0.717, 1.165) is 36.0 Å². The summed E-state index contributed by atoms with van der Waals surface area (Å²) in [7, 11) is 0. The number of aromatic nitrogens is 1. The first-order valence-electron chi connectivity index (χ1n) is 9.17. The molecule has 5 heteroatoms. The number of benzene rings is 1. The number of ether oxygens (including phenoxy) is 1. The van der Waals surface area contributed by atoms with Gasteiger partial charge in [-0.1, -0.05) is 32.0 Å². The normalized spacial score (nSPS) is 20.2. The van der Waals surface area contributed by atoms with Gasteiger partial charge in [-0.15, -0.1) is 0 Å². The van der Waals surface area contributed by atoms with E-state index in [-0.39, 0.29) is 12.5 Å². The molecule has 2 aromatic rings. The Balaban J connectivity index is 1.72. The van der Waals surface area contributed by atoms with Gasteiger partial charge in [0.2, 0.25) is 0 Å². The summed E-state index contributed by atoms with van der Waals surface area (Å²) in [5.41, 5.74) is 2.77. The maximum absolute atomic E-state index is 12.6. The smallest absolute Gasteiger partial charge is 0.340 e. The number of aryl methyl sites for hydroxylation is 2. The lowest BCUT2D eigenvalue weighted by Gasteiger charge is -2.34. The number of para-hydroxylation sites is 1. The summed E-state index contributed by atoms with van der Waals surface area (Å²) in [6, 6.07) is 7.71. The van der Waals surface area contributed by atoms with Gasteiger partial charge in [0.15, 0.2) is 6.61 Å². The van der Waals surface area contributed by atoms with Crippen LogP contribution in [0.4, 0.5) is 0 Å². The minimum atomic E-state index is -0.482. The molecule has 2 heterocycles. The fourth-order valence-corrected chi connectivity index (χ4v) is 3.99. The summed E-state index contributed by atoms with van der Waals surface area (Å²) in [5.74, 6) is 0.352. The number of nitrogens with zero attached hydrogens (tertiary/aromatic N) is 2. The van der Waals surface area contributed by atoms with Gasteiger partial charge < -0.3 is 9.64 Å². The van der Waals surface area contributed by atoms with E-state index in [2.05, 4.69) is 18.8 Å². The molecule has 1 amide bonds. The third kappa shape index (κ3) is 3.71. The van der Waals surface area contributed by atoms with Crippen LogP contribution in [0.25, 0.3) is 10.9 Å². The lowest BCUT2D eigenvalue weighted by atomic mass is 9.92. The van der Waals surface area contributed by atoms with Crippen molar-refractivity contribution >= 4 is 22.8 Å². The van der Waals surface area contributed by atoms with E-state index in [0.29, 0.717) is 23.1 Å². The molecular weight excluding hydrogens is 328 g/mol. The number of amides is 1. The molecular formula is C21H26N2O3. The maximum Gasteiger partial charge on any atom is 0.340 e. The summed E-state index contributed by atoms with van der Waals surface area (Å²) in [4.78, 5) is 31.4. The van der Waals surface area contributed by atoms with Gasteiger partial charge in [-0.25, -0.2) is 4.79 Å². The van der Waals surface area contributed by atoms with E-state index in [1.165, 1.54) is 0 Å². The highest BCUT2D eigenvalue weighted by Gasteiger charge is 2.26. The number of fused-ring (bicyclic) bond motifs is 1.